The van der Waals surface area contributed by atoms with Gasteiger partial charge in [-0.05, 0) is 30.7 Å². The smallest absolute Gasteiger partial charge is 0.135 e. The molecule has 2 nitrogen and oxygen atoms in total. The molecule has 2 aliphatic heterocycles. The zero-order valence-corrected chi connectivity index (χ0v) is 15.5. The first-order valence-corrected chi connectivity index (χ1v) is 9.54. The van der Waals surface area contributed by atoms with Crippen LogP contribution < -0.4 is 9.47 Å². The van der Waals surface area contributed by atoms with Crippen LogP contribution in [0.15, 0.2) is 91.0 Å². The van der Waals surface area contributed by atoms with Crippen molar-refractivity contribution in [1.82, 2.24) is 0 Å². The van der Waals surface area contributed by atoms with Gasteiger partial charge in [0, 0.05) is 22.3 Å². The maximum Gasteiger partial charge on any atom is 0.135 e. The molecule has 2 heteroatoms. The molecule has 1 spiro atoms. The number of ether oxygens (including phenoxy) is 2. The maximum atomic E-state index is 6.42. The van der Waals surface area contributed by atoms with Crippen LogP contribution >= 0.6 is 0 Å². The van der Waals surface area contributed by atoms with Gasteiger partial charge in [-0.3, -0.25) is 0 Å². The van der Waals surface area contributed by atoms with Gasteiger partial charge in [-0.1, -0.05) is 72.8 Å². The van der Waals surface area contributed by atoms with E-state index in [1.807, 2.05) is 18.2 Å². The van der Waals surface area contributed by atoms with Gasteiger partial charge in [-0.15, -0.1) is 0 Å². The Balaban J connectivity index is 1.86. The fourth-order valence-corrected chi connectivity index (χ4v) is 4.78. The first kappa shape index (κ1) is 15.5. The van der Waals surface area contributed by atoms with Gasteiger partial charge in [0.05, 0.1) is 5.41 Å². The summed E-state index contributed by atoms with van der Waals surface area (Å²) in [5, 5.41) is 0. The Morgan fingerprint density at radius 2 is 0.964 bits per heavy atom. The summed E-state index contributed by atoms with van der Waals surface area (Å²) in [7, 11) is 0. The average Bonchev–Trinajstić information content (AvgIpc) is 2.74. The van der Waals surface area contributed by atoms with E-state index in [0.29, 0.717) is 0 Å². The first-order valence-electron chi connectivity index (χ1n) is 9.54. The summed E-state index contributed by atoms with van der Waals surface area (Å²) in [6.07, 6.45) is 0. The van der Waals surface area contributed by atoms with Crippen molar-refractivity contribution in [3.8, 4) is 23.0 Å². The number of benzene rings is 4. The van der Waals surface area contributed by atoms with Crippen LogP contribution in [0.4, 0.5) is 0 Å². The lowest BCUT2D eigenvalue weighted by Crippen LogP contribution is -2.36. The Bertz CT molecular complexity index is 1180. The molecule has 0 bridgehead atoms. The minimum Gasteiger partial charge on any atom is -0.457 e. The highest BCUT2D eigenvalue weighted by atomic mass is 16.5. The van der Waals surface area contributed by atoms with E-state index < -0.39 is 5.41 Å². The van der Waals surface area contributed by atoms with Crippen molar-refractivity contribution in [3.63, 3.8) is 0 Å². The van der Waals surface area contributed by atoms with E-state index in [4.69, 9.17) is 9.47 Å². The molecule has 0 radical (unpaired) electrons. The summed E-state index contributed by atoms with van der Waals surface area (Å²) in [6, 6.07) is 31.5. The van der Waals surface area contributed by atoms with E-state index in [-0.39, 0.29) is 0 Å². The van der Waals surface area contributed by atoms with Crippen molar-refractivity contribution in [2.75, 3.05) is 0 Å². The lowest BCUT2D eigenvalue weighted by molar-refractivity contribution is 0.397. The van der Waals surface area contributed by atoms with Crippen molar-refractivity contribution in [1.29, 1.82) is 0 Å². The molecular formula is C26H18O2. The summed E-state index contributed by atoms with van der Waals surface area (Å²) >= 11 is 0. The molecule has 0 aliphatic carbocycles. The third-order valence-corrected chi connectivity index (χ3v) is 5.92. The normalized spacial score (nSPS) is 14.8. The number of hydrogen-bond acceptors (Lipinski definition) is 2. The minimum absolute atomic E-state index is 0.471. The number of para-hydroxylation sites is 4. The molecular weight excluding hydrogens is 344 g/mol. The Hall–Kier alpha value is -3.52. The fourth-order valence-electron chi connectivity index (χ4n) is 4.78. The van der Waals surface area contributed by atoms with Crippen molar-refractivity contribution in [2.45, 2.75) is 12.3 Å². The zero-order valence-electron chi connectivity index (χ0n) is 15.5. The van der Waals surface area contributed by atoms with Gasteiger partial charge in [0.15, 0.2) is 0 Å². The maximum absolute atomic E-state index is 6.42. The van der Waals surface area contributed by atoms with E-state index in [9.17, 15) is 0 Å². The van der Waals surface area contributed by atoms with Crippen LogP contribution in [0.25, 0.3) is 0 Å². The zero-order chi connectivity index (χ0) is 18.7. The van der Waals surface area contributed by atoms with E-state index in [2.05, 4.69) is 79.7 Å². The summed E-state index contributed by atoms with van der Waals surface area (Å²) in [5.74, 6) is 3.62. The second-order valence-corrected chi connectivity index (χ2v) is 7.39. The largest absolute Gasteiger partial charge is 0.457 e. The Morgan fingerprint density at radius 1 is 0.500 bits per heavy atom. The molecule has 0 aromatic heterocycles. The quantitative estimate of drug-likeness (QED) is 0.303. The van der Waals surface area contributed by atoms with Crippen molar-refractivity contribution in [2.24, 2.45) is 0 Å². The average molecular weight is 362 g/mol. The van der Waals surface area contributed by atoms with Crippen molar-refractivity contribution in [3.05, 3.63) is 119 Å². The van der Waals surface area contributed by atoms with Gasteiger partial charge in [-0.2, -0.15) is 0 Å². The second-order valence-electron chi connectivity index (χ2n) is 7.39. The van der Waals surface area contributed by atoms with Crippen LogP contribution in [0.5, 0.6) is 23.0 Å². The molecule has 0 saturated heterocycles. The summed E-state index contributed by atoms with van der Waals surface area (Å²) in [5.41, 5.74) is 5.27. The van der Waals surface area contributed by atoms with Crippen LogP contribution in [-0.4, -0.2) is 0 Å². The summed E-state index contributed by atoms with van der Waals surface area (Å²) in [4.78, 5) is 0. The monoisotopic (exact) mass is 362 g/mol. The fraction of sp³-hybridized carbons (Fsp3) is 0.0769. The molecule has 2 heterocycles. The molecule has 0 atom stereocenters. The summed E-state index contributed by atoms with van der Waals surface area (Å²) in [6.45, 7) is 2.11. The molecule has 0 saturated carbocycles. The third-order valence-electron chi connectivity index (χ3n) is 5.92. The third kappa shape index (κ3) is 1.82. The second kappa shape index (κ2) is 5.49. The number of aryl methyl sites for hydroxylation is 1. The van der Waals surface area contributed by atoms with E-state index in [0.717, 1.165) is 50.8 Å². The van der Waals surface area contributed by atoms with E-state index >= 15 is 0 Å². The van der Waals surface area contributed by atoms with E-state index in [1.54, 1.807) is 0 Å². The highest BCUT2D eigenvalue weighted by molar-refractivity contribution is 5.75. The van der Waals surface area contributed by atoms with E-state index in [1.165, 1.54) is 0 Å². The molecule has 4 aromatic rings. The van der Waals surface area contributed by atoms with Gasteiger partial charge in [0.1, 0.15) is 23.0 Å². The van der Waals surface area contributed by atoms with Crippen LogP contribution in [0.3, 0.4) is 0 Å². The van der Waals surface area contributed by atoms with Crippen molar-refractivity contribution >= 4 is 0 Å². The lowest BCUT2D eigenvalue weighted by atomic mass is 9.62. The van der Waals surface area contributed by atoms with Gasteiger partial charge in [-0.25, -0.2) is 0 Å². The van der Waals surface area contributed by atoms with Crippen LogP contribution in [0.2, 0.25) is 0 Å². The van der Waals surface area contributed by atoms with Crippen LogP contribution in [-0.2, 0) is 5.41 Å². The van der Waals surface area contributed by atoms with Gasteiger partial charge >= 0.3 is 0 Å². The standard InChI is InChI=1S/C26H18O2/c1-17-9-8-13-21-25(17)28-24-16-7-4-12-20(24)26(21)18-10-2-5-14-22(18)27-23-15-6-3-11-19(23)26/h2-16H,1H3. The summed E-state index contributed by atoms with van der Waals surface area (Å²) < 4.78 is 12.7. The number of hydrogen-bond donors (Lipinski definition) is 0. The van der Waals surface area contributed by atoms with Crippen LogP contribution in [0.1, 0.15) is 27.8 Å². The predicted octanol–water partition coefficient (Wildman–Crippen LogP) is 6.59. The molecule has 0 N–H and O–H groups in total. The molecule has 28 heavy (non-hydrogen) atoms. The Morgan fingerprint density at radius 3 is 1.54 bits per heavy atom. The molecule has 0 fully saturated rings. The van der Waals surface area contributed by atoms with Crippen molar-refractivity contribution < 1.29 is 9.47 Å². The minimum atomic E-state index is -0.471. The highest BCUT2D eigenvalue weighted by Gasteiger charge is 2.50. The number of fused-ring (bicyclic) bond motifs is 8. The Labute approximate surface area is 164 Å². The molecule has 0 amide bonds. The molecule has 4 aromatic carbocycles. The Kier molecular flexibility index (Phi) is 3.05. The first-order chi connectivity index (χ1) is 13.8. The predicted molar refractivity (Wildman–Crippen MR) is 110 cm³/mol. The molecule has 0 unspecified atom stereocenters. The van der Waals surface area contributed by atoms with Gasteiger partial charge < -0.3 is 9.47 Å². The van der Waals surface area contributed by atoms with Gasteiger partial charge in [0.2, 0.25) is 0 Å². The van der Waals surface area contributed by atoms with Gasteiger partial charge in [0.25, 0.3) is 0 Å². The lowest BCUT2D eigenvalue weighted by Gasteiger charge is -2.45. The molecule has 134 valence electrons. The van der Waals surface area contributed by atoms with Crippen LogP contribution in [0, 0.1) is 6.92 Å². The topological polar surface area (TPSA) is 18.5 Å². The number of rotatable bonds is 0. The molecule has 2 aliphatic rings. The molecule has 6 rings (SSSR count). The SMILES string of the molecule is Cc1cccc2c1Oc1ccccc1C21c2ccccc2Oc2ccccc21. The highest BCUT2D eigenvalue weighted by Crippen LogP contribution is 2.61.